The van der Waals surface area contributed by atoms with Gasteiger partial charge in [0.05, 0.1) is 12.8 Å². The lowest BCUT2D eigenvalue weighted by atomic mass is 9.94. The minimum atomic E-state index is 0.441. The van der Waals surface area contributed by atoms with E-state index in [0.29, 0.717) is 5.92 Å². The molecule has 0 N–H and O–H groups in total. The SMILES string of the molecule is COC[C@H]1CN(CC2CCOCC2)Cc2cnn(C)c21. The van der Waals surface area contributed by atoms with E-state index in [1.165, 1.54) is 30.6 Å². The molecule has 2 aliphatic rings. The first-order valence-corrected chi connectivity index (χ1v) is 7.57. The molecule has 5 heteroatoms. The van der Waals surface area contributed by atoms with Crippen LogP contribution in [-0.4, -0.2) is 54.7 Å². The average molecular weight is 279 g/mol. The molecule has 1 fully saturated rings. The number of nitrogens with zero attached hydrogens (tertiary/aromatic N) is 3. The van der Waals surface area contributed by atoms with Crippen LogP contribution in [0.2, 0.25) is 0 Å². The van der Waals surface area contributed by atoms with Gasteiger partial charge >= 0.3 is 0 Å². The molecule has 0 amide bonds. The molecular formula is C15H25N3O2. The predicted octanol–water partition coefficient (Wildman–Crippen LogP) is 1.39. The third kappa shape index (κ3) is 2.90. The monoisotopic (exact) mass is 279 g/mol. The summed E-state index contributed by atoms with van der Waals surface area (Å²) in [4.78, 5) is 2.57. The van der Waals surface area contributed by atoms with Gasteiger partial charge in [0.25, 0.3) is 0 Å². The van der Waals surface area contributed by atoms with Crippen LogP contribution in [0, 0.1) is 5.92 Å². The van der Waals surface area contributed by atoms with Crippen molar-refractivity contribution in [2.45, 2.75) is 25.3 Å². The Balaban J connectivity index is 1.69. The summed E-state index contributed by atoms with van der Waals surface area (Å²) in [6.45, 7) is 5.92. The third-order valence-corrected chi connectivity index (χ3v) is 4.55. The summed E-state index contributed by atoms with van der Waals surface area (Å²) in [6, 6.07) is 0. The van der Waals surface area contributed by atoms with Crippen molar-refractivity contribution in [3.05, 3.63) is 17.5 Å². The van der Waals surface area contributed by atoms with Crippen LogP contribution in [0.15, 0.2) is 6.20 Å². The van der Waals surface area contributed by atoms with Gasteiger partial charge in [-0.1, -0.05) is 0 Å². The molecule has 3 heterocycles. The van der Waals surface area contributed by atoms with Crippen LogP contribution in [0.3, 0.4) is 0 Å². The third-order valence-electron chi connectivity index (χ3n) is 4.55. The predicted molar refractivity (Wildman–Crippen MR) is 76.6 cm³/mol. The van der Waals surface area contributed by atoms with Gasteiger partial charge in [-0.15, -0.1) is 0 Å². The quantitative estimate of drug-likeness (QED) is 0.835. The second kappa shape index (κ2) is 6.24. The number of aryl methyl sites for hydroxylation is 1. The zero-order valence-electron chi connectivity index (χ0n) is 12.5. The molecule has 1 aromatic heterocycles. The minimum Gasteiger partial charge on any atom is -0.384 e. The van der Waals surface area contributed by atoms with Crippen LogP contribution in [-0.2, 0) is 23.1 Å². The van der Waals surface area contributed by atoms with Crippen molar-refractivity contribution in [1.82, 2.24) is 14.7 Å². The van der Waals surface area contributed by atoms with Crippen LogP contribution in [0.1, 0.15) is 30.0 Å². The van der Waals surface area contributed by atoms with Crippen molar-refractivity contribution >= 4 is 0 Å². The number of ether oxygens (including phenoxy) is 2. The van der Waals surface area contributed by atoms with Crippen molar-refractivity contribution in [3.63, 3.8) is 0 Å². The molecule has 0 unspecified atom stereocenters. The topological polar surface area (TPSA) is 39.5 Å². The summed E-state index contributed by atoms with van der Waals surface area (Å²) in [5.74, 6) is 1.22. The van der Waals surface area contributed by atoms with Gasteiger partial charge in [0.1, 0.15) is 0 Å². The largest absolute Gasteiger partial charge is 0.384 e. The van der Waals surface area contributed by atoms with Gasteiger partial charge in [0, 0.05) is 64.2 Å². The summed E-state index contributed by atoms with van der Waals surface area (Å²) in [6.07, 6.45) is 4.42. The highest BCUT2D eigenvalue weighted by atomic mass is 16.5. The molecular weight excluding hydrogens is 254 g/mol. The fourth-order valence-corrected chi connectivity index (χ4v) is 3.61. The Kier molecular flexibility index (Phi) is 4.38. The Bertz CT molecular complexity index is 440. The minimum absolute atomic E-state index is 0.441. The maximum atomic E-state index is 5.46. The van der Waals surface area contributed by atoms with Crippen LogP contribution in [0.25, 0.3) is 0 Å². The molecule has 1 saturated heterocycles. The van der Waals surface area contributed by atoms with E-state index in [4.69, 9.17) is 9.47 Å². The maximum absolute atomic E-state index is 5.46. The summed E-state index contributed by atoms with van der Waals surface area (Å²) in [7, 11) is 3.82. The summed E-state index contributed by atoms with van der Waals surface area (Å²) < 4.78 is 12.9. The van der Waals surface area contributed by atoms with Crippen molar-refractivity contribution in [2.75, 3.05) is 40.0 Å². The first kappa shape index (κ1) is 14.0. The van der Waals surface area contributed by atoms with Crippen LogP contribution >= 0.6 is 0 Å². The van der Waals surface area contributed by atoms with E-state index in [-0.39, 0.29) is 0 Å². The fourth-order valence-electron chi connectivity index (χ4n) is 3.61. The van der Waals surface area contributed by atoms with Crippen LogP contribution in [0.4, 0.5) is 0 Å². The second-order valence-electron chi connectivity index (χ2n) is 6.08. The summed E-state index contributed by atoms with van der Waals surface area (Å²) in [5, 5.41) is 4.43. The lowest BCUT2D eigenvalue weighted by Gasteiger charge is -2.36. The molecule has 0 aliphatic carbocycles. The average Bonchev–Trinajstić information content (AvgIpc) is 2.82. The highest BCUT2D eigenvalue weighted by Gasteiger charge is 2.30. The Morgan fingerprint density at radius 3 is 2.95 bits per heavy atom. The van der Waals surface area contributed by atoms with Gasteiger partial charge in [-0.25, -0.2) is 0 Å². The number of hydrogen-bond acceptors (Lipinski definition) is 4. The van der Waals surface area contributed by atoms with Gasteiger partial charge in [0.15, 0.2) is 0 Å². The van der Waals surface area contributed by atoms with E-state index < -0.39 is 0 Å². The first-order chi connectivity index (χ1) is 9.78. The highest BCUT2D eigenvalue weighted by Crippen LogP contribution is 2.29. The maximum Gasteiger partial charge on any atom is 0.0558 e. The molecule has 0 spiro atoms. The smallest absolute Gasteiger partial charge is 0.0558 e. The zero-order valence-corrected chi connectivity index (χ0v) is 12.5. The number of fused-ring (bicyclic) bond motifs is 1. The molecule has 0 saturated carbocycles. The van der Waals surface area contributed by atoms with Crippen LogP contribution < -0.4 is 0 Å². The number of hydrogen-bond donors (Lipinski definition) is 0. The lowest BCUT2D eigenvalue weighted by molar-refractivity contribution is 0.0459. The van der Waals surface area contributed by atoms with Gasteiger partial charge in [-0.2, -0.15) is 5.10 Å². The van der Waals surface area contributed by atoms with Gasteiger partial charge in [-0.05, 0) is 18.8 Å². The second-order valence-corrected chi connectivity index (χ2v) is 6.08. The standard InChI is InChI=1S/C15H25N3O2/c1-17-15-13(7-16-17)9-18(10-14(15)11-19-2)8-12-3-5-20-6-4-12/h7,12,14H,3-6,8-11H2,1-2H3/t14-/m1/s1. The number of aromatic nitrogens is 2. The molecule has 1 atom stereocenters. The van der Waals surface area contributed by atoms with Crippen molar-refractivity contribution in [2.24, 2.45) is 13.0 Å². The Hall–Kier alpha value is -0.910. The molecule has 3 rings (SSSR count). The van der Waals surface area contributed by atoms with E-state index in [2.05, 4.69) is 10.00 Å². The molecule has 0 bridgehead atoms. The number of rotatable bonds is 4. The molecule has 5 nitrogen and oxygen atoms in total. The van der Waals surface area contributed by atoms with Crippen LogP contribution in [0.5, 0.6) is 0 Å². The van der Waals surface area contributed by atoms with E-state index in [1.807, 2.05) is 17.9 Å². The Morgan fingerprint density at radius 2 is 2.20 bits per heavy atom. The molecule has 0 radical (unpaired) electrons. The molecule has 0 aromatic carbocycles. The Labute approximate surface area is 120 Å². The van der Waals surface area contributed by atoms with Crippen molar-refractivity contribution in [3.8, 4) is 0 Å². The van der Waals surface area contributed by atoms with E-state index in [9.17, 15) is 0 Å². The fraction of sp³-hybridized carbons (Fsp3) is 0.800. The molecule has 112 valence electrons. The summed E-state index contributed by atoms with van der Waals surface area (Å²) >= 11 is 0. The van der Waals surface area contributed by atoms with E-state index in [1.54, 1.807) is 7.11 Å². The summed E-state index contributed by atoms with van der Waals surface area (Å²) in [5.41, 5.74) is 2.72. The first-order valence-electron chi connectivity index (χ1n) is 7.57. The van der Waals surface area contributed by atoms with E-state index in [0.717, 1.165) is 38.8 Å². The molecule has 2 aliphatic heterocycles. The van der Waals surface area contributed by atoms with Gasteiger partial charge in [-0.3, -0.25) is 9.58 Å². The molecule has 20 heavy (non-hydrogen) atoms. The zero-order chi connectivity index (χ0) is 13.9. The Morgan fingerprint density at radius 1 is 1.40 bits per heavy atom. The highest BCUT2D eigenvalue weighted by molar-refractivity contribution is 5.25. The van der Waals surface area contributed by atoms with Crippen molar-refractivity contribution < 1.29 is 9.47 Å². The lowest BCUT2D eigenvalue weighted by Crippen LogP contribution is -2.39. The molecule has 1 aromatic rings. The van der Waals surface area contributed by atoms with Gasteiger partial charge in [0.2, 0.25) is 0 Å². The van der Waals surface area contributed by atoms with Crippen molar-refractivity contribution in [1.29, 1.82) is 0 Å². The number of methoxy groups -OCH3 is 1. The van der Waals surface area contributed by atoms with E-state index >= 15 is 0 Å². The normalized spacial score (nSPS) is 24.8. The van der Waals surface area contributed by atoms with Gasteiger partial charge < -0.3 is 9.47 Å².